The summed E-state index contributed by atoms with van der Waals surface area (Å²) < 4.78 is 17.2. The molecule has 0 bridgehead atoms. The van der Waals surface area contributed by atoms with Crippen LogP contribution < -0.4 is 0 Å². The van der Waals surface area contributed by atoms with Crippen LogP contribution in [0, 0.1) is 11.0 Å². The van der Waals surface area contributed by atoms with Crippen molar-refractivity contribution < 1.29 is 23.7 Å². The van der Waals surface area contributed by atoms with Gasteiger partial charge in [0.25, 0.3) is 0 Å². The lowest BCUT2D eigenvalue weighted by molar-refractivity contribution is -0.894. The van der Waals surface area contributed by atoms with Gasteiger partial charge >= 0.3 is 5.97 Å². The number of ether oxygens (including phenoxy) is 1. The minimum absolute atomic E-state index is 0.00834. The number of quaternary nitrogens is 1. The molecule has 1 atom stereocenters. The van der Waals surface area contributed by atoms with E-state index in [1.54, 1.807) is 24.3 Å². The number of hydrogen-bond acceptors (Lipinski definition) is 4. The van der Waals surface area contributed by atoms with E-state index < -0.39 is 10.6 Å². The van der Waals surface area contributed by atoms with Crippen molar-refractivity contribution in [3.63, 3.8) is 0 Å². The van der Waals surface area contributed by atoms with Crippen LogP contribution >= 0.6 is 11.6 Å². The molecular formula is C20H21ClFNO4. The molecule has 1 N–H and O–H groups in total. The van der Waals surface area contributed by atoms with E-state index in [1.807, 2.05) is 0 Å². The highest BCUT2D eigenvalue weighted by atomic mass is 35.5. The predicted molar refractivity (Wildman–Crippen MR) is 102 cm³/mol. The number of esters is 1. The van der Waals surface area contributed by atoms with Crippen LogP contribution in [0.3, 0.4) is 0 Å². The van der Waals surface area contributed by atoms with Gasteiger partial charge in [-0.15, -0.1) is 0 Å². The summed E-state index contributed by atoms with van der Waals surface area (Å²) >= 11 is 5.84. The Morgan fingerprint density at radius 2 is 1.81 bits per heavy atom. The standard InChI is InChI=1S/C20H21ClFNO4/c21-18-6-1-17(2-7-18)15-23(26,11-13-24)12-14-27-20(25)10-5-16-3-8-19(22)9-4-16/h1-10,24H,11-15H2/b10-5+/t23-/m0/s1. The molecule has 0 saturated carbocycles. The van der Waals surface area contributed by atoms with Gasteiger partial charge < -0.3 is 19.7 Å². The molecular weight excluding hydrogens is 373 g/mol. The molecule has 0 fully saturated rings. The van der Waals surface area contributed by atoms with Crippen molar-refractivity contribution in [1.29, 1.82) is 0 Å². The Hall–Kier alpha value is -2.25. The van der Waals surface area contributed by atoms with Crippen LogP contribution in [0.1, 0.15) is 11.1 Å². The third kappa shape index (κ3) is 7.48. The molecule has 0 spiro atoms. The summed E-state index contributed by atoms with van der Waals surface area (Å²) in [6.45, 7) is -0.204. The average molecular weight is 394 g/mol. The van der Waals surface area contributed by atoms with E-state index in [0.717, 1.165) is 5.56 Å². The predicted octanol–water partition coefficient (Wildman–Crippen LogP) is 3.54. The molecule has 0 aliphatic rings. The van der Waals surface area contributed by atoms with E-state index in [1.165, 1.54) is 36.4 Å². The van der Waals surface area contributed by atoms with Crippen molar-refractivity contribution in [1.82, 2.24) is 0 Å². The number of aliphatic hydroxyl groups is 1. The number of hydroxylamine groups is 3. The van der Waals surface area contributed by atoms with Gasteiger partial charge in [0.15, 0.2) is 0 Å². The van der Waals surface area contributed by atoms with Crippen molar-refractivity contribution >= 4 is 23.6 Å². The molecule has 0 aliphatic carbocycles. The number of hydrogen-bond donors (Lipinski definition) is 1. The summed E-state index contributed by atoms with van der Waals surface area (Å²) in [6, 6.07) is 12.5. The first-order chi connectivity index (χ1) is 12.9. The maximum atomic E-state index is 12.8. The van der Waals surface area contributed by atoms with E-state index in [-0.39, 0.29) is 38.7 Å². The van der Waals surface area contributed by atoms with Gasteiger partial charge in [-0.1, -0.05) is 35.9 Å². The molecule has 0 radical (unpaired) electrons. The topological polar surface area (TPSA) is 69.6 Å². The van der Waals surface area contributed by atoms with Crippen LogP contribution in [-0.4, -0.2) is 42.0 Å². The first-order valence-corrected chi connectivity index (χ1v) is 8.81. The highest BCUT2D eigenvalue weighted by Crippen LogP contribution is 2.16. The van der Waals surface area contributed by atoms with Crippen LogP contribution in [0.15, 0.2) is 54.6 Å². The lowest BCUT2D eigenvalue weighted by atomic mass is 10.2. The normalized spacial score (nSPS) is 13.5. The largest absolute Gasteiger partial charge is 0.632 e. The minimum atomic E-state index is -0.715. The maximum Gasteiger partial charge on any atom is 0.330 e. The fourth-order valence-electron chi connectivity index (χ4n) is 2.47. The SMILES string of the molecule is O=C(/C=C/c1ccc(F)cc1)OCC[N@@+]([O-])(CCO)Cc1ccc(Cl)cc1. The van der Waals surface area contributed by atoms with E-state index >= 15 is 0 Å². The average Bonchev–Trinajstić information content (AvgIpc) is 2.63. The van der Waals surface area contributed by atoms with Crippen molar-refractivity contribution in [3.05, 3.63) is 81.8 Å². The van der Waals surface area contributed by atoms with Gasteiger partial charge in [0, 0.05) is 16.7 Å². The van der Waals surface area contributed by atoms with E-state index in [2.05, 4.69) is 0 Å². The van der Waals surface area contributed by atoms with E-state index in [9.17, 15) is 19.5 Å². The van der Waals surface area contributed by atoms with Gasteiger partial charge in [0.1, 0.15) is 32.1 Å². The van der Waals surface area contributed by atoms with Crippen LogP contribution in [0.2, 0.25) is 5.02 Å². The van der Waals surface area contributed by atoms with Gasteiger partial charge in [0.2, 0.25) is 0 Å². The van der Waals surface area contributed by atoms with Gasteiger partial charge in [-0.05, 0) is 35.9 Å². The molecule has 2 aromatic carbocycles. The number of halogens is 2. The summed E-state index contributed by atoms with van der Waals surface area (Å²) in [5, 5.41) is 22.6. The van der Waals surface area contributed by atoms with Crippen LogP contribution in [0.25, 0.3) is 6.08 Å². The Morgan fingerprint density at radius 1 is 1.15 bits per heavy atom. The molecule has 0 unspecified atom stereocenters. The summed E-state index contributed by atoms with van der Waals surface area (Å²) in [7, 11) is 0. The number of rotatable bonds is 9. The first-order valence-electron chi connectivity index (χ1n) is 8.43. The molecule has 0 amide bonds. The summed E-state index contributed by atoms with van der Waals surface area (Å²) in [5.74, 6) is -0.954. The first kappa shape index (κ1) is 21.1. The summed E-state index contributed by atoms with van der Waals surface area (Å²) in [4.78, 5) is 11.8. The van der Waals surface area contributed by atoms with Crippen molar-refractivity contribution in [2.24, 2.45) is 0 Å². The Morgan fingerprint density at radius 3 is 2.44 bits per heavy atom. The summed E-state index contributed by atoms with van der Waals surface area (Å²) in [5.41, 5.74) is 1.44. The fraction of sp³-hybridized carbons (Fsp3) is 0.250. The molecule has 0 saturated heterocycles. The van der Waals surface area contributed by atoms with Crippen LogP contribution in [-0.2, 0) is 16.1 Å². The second-order valence-electron chi connectivity index (χ2n) is 6.07. The molecule has 2 aromatic rings. The fourth-order valence-corrected chi connectivity index (χ4v) is 2.60. The van der Waals surface area contributed by atoms with Gasteiger partial charge in [-0.25, -0.2) is 9.18 Å². The van der Waals surface area contributed by atoms with Gasteiger partial charge in [-0.2, -0.15) is 0 Å². The summed E-state index contributed by atoms with van der Waals surface area (Å²) in [6.07, 6.45) is 2.72. The second kappa shape index (κ2) is 10.2. The van der Waals surface area contributed by atoms with Crippen LogP contribution in [0.4, 0.5) is 4.39 Å². The molecule has 0 heterocycles. The smallest absolute Gasteiger partial charge is 0.330 e. The van der Waals surface area contributed by atoms with Crippen molar-refractivity contribution in [3.8, 4) is 0 Å². The zero-order valence-corrected chi connectivity index (χ0v) is 15.4. The molecule has 2 rings (SSSR count). The third-order valence-corrected chi connectivity index (χ3v) is 4.17. The Labute approximate surface area is 162 Å². The van der Waals surface area contributed by atoms with E-state index in [0.29, 0.717) is 10.6 Å². The molecule has 0 aromatic heterocycles. The van der Waals surface area contributed by atoms with E-state index in [4.69, 9.17) is 16.3 Å². The number of nitrogens with zero attached hydrogens (tertiary/aromatic N) is 1. The monoisotopic (exact) mass is 393 g/mol. The third-order valence-electron chi connectivity index (χ3n) is 3.92. The lowest BCUT2D eigenvalue weighted by Crippen LogP contribution is -2.46. The molecule has 5 nitrogen and oxygen atoms in total. The number of carbonyl (C=O) groups is 1. The number of aliphatic hydroxyl groups excluding tert-OH is 1. The Balaban J connectivity index is 1.86. The van der Waals surface area contributed by atoms with Gasteiger partial charge in [-0.3, -0.25) is 0 Å². The Kier molecular flexibility index (Phi) is 7.94. The molecule has 144 valence electrons. The van der Waals surface area contributed by atoms with Crippen molar-refractivity contribution in [2.75, 3.05) is 26.3 Å². The quantitative estimate of drug-likeness (QED) is 0.306. The number of benzene rings is 2. The highest BCUT2D eigenvalue weighted by Gasteiger charge is 2.18. The Bertz CT molecular complexity index is 765. The zero-order valence-electron chi connectivity index (χ0n) is 14.7. The maximum absolute atomic E-state index is 12.8. The molecule has 27 heavy (non-hydrogen) atoms. The highest BCUT2D eigenvalue weighted by molar-refractivity contribution is 6.30. The zero-order chi connectivity index (χ0) is 19.7. The van der Waals surface area contributed by atoms with Crippen molar-refractivity contribution in [2.45, 2.75) is 6.54 Å². The minimum Gasteiger partial charge on any atom is -0.632 e. The lowest BCUT2D eigenvalue weighted by Gasteiger charge is -2.42. The van der Waals surface area contributed by atoms with Gasteiger partial charge in [0.05, 0.1) is 6.61 Å². The molecule has 0 aliphatic heterocycles. The number of carbonyl (C=O) groups excluding carboxylic acids is 1. The second-order valence-corrected chi connectivity index (χ2v) is 6.50. The van der Waals surface area contributed by atoms with Crippen LogP contribution in [0.5, 0.6) is 0 Å². The molecule has 7 heteroatoms.